The molecular formula is C16H13BrClNO5S. The minimum atomic E-state index is -4.04. The Morgan fingerprint density at radius 2 is 1.88 bits per heavy atom. The van der Waals surface area contributed by atoms with Gasteiger partial charge in [0.15, 0.2) is 11.5 Å². The molecular weight excluding hydrogens is 434 g/mol. The lowest BCUT2D eigenvalue weighted by molar-refractivity contribution is 0.0981. The summed E-state index contributed by atoms with van der Waals surface area (Å²) in [7, 11) is -4.04. The third kappa shape index (κ3) is 3.91. The van der Waals surface area contributed by atoms with Crippen LogP contribution in [-0.2, 0) is 10.0 Å². The third-order valence-corrected chi connectivity index (χ3v) is 6.04. The van der Waals surface area contributed by atoms with E-state index >= 15 is 0 Å². The van der Waals surface area contributed by atoms with Crippen molar-refractivity contribution in [3.63, 3.8) is 0 Å². The average molecular weight is 447 g/mol. The first kappa shape index (κ1) is 18.0. The first-order valence-electron chi connectivity index (χ1n) is 7.29. The summed E-state index contributed by atoms with van der Waals surface area (Å²) in [6.45, 7) is 0.873. The minimum absolute atomic E-state index is 0.0382. The topological polar surface area (TPSA) is 81.7 Å². The van der Waals surface area contributed by atoms with Crippen molar-refractivity contribution in [1.82, 2.24) is 4.72 Å². The summed E-state index contributed by atoms with van der Waals surface area (Å²) in [4.78, 5) is 12.4. The van der Waals surface area contributed by atoms with Gasteiger partial charge in [0.2, 0.25) is 0 Å². The SMILES string of the molecule is O=C(NS(=O)(=O)c1ccccc1Br)c1cc(Cl)c2c(c1)OCCCO2. The van der Waals surface area contributed by atoms with E-state index in [0.29, 0.717) is 35.6 Å². The van der Waals surface area contributed by atoms with Gasteiger partial charge in [-0.3, -0.25) is 4.79 Å². The maximum Gasteiger partial charge on any atom is 0.265 e. The van der Waals surface area contributed by atoms with E-state index in [0.717, 1.165) is 0 Å². The lowest BCUT2D eigenvalue weighted by Crippen LogP contribution is -2.30. The van der Waals surface area contributed by atoms with Crippen molar-refractivity contribution >= 4 is 43.5 Å². The van der Waals surface area contributed by atoms with Gasteiger partial charge in [-0.15, -0.1) is 0 Å². The molecule has 2 aromatic rings. The number of carbonyl (C=O) groups excluding carboxylic acids is 1. The van der Waals surface area contributed by atoms with Crippen LogP contribution >= 0.6 is 27.5 Å². The van der Waals surface area contributed by atoms with E-state index in [2.05, 4.69) is 15.9 Å². The fourth-order valence-corrected chi connectivity index (χ4v) is 4.50. The monoisotopic (exact) mass is 445 g/mol. The number of rotatable bonds is 3. The zero-order valence-electron chi connectivity index (χ0n) is 12.8. The Kier molecular flexibility index (Phi) is 5.21. The number of fused-ring (bicyclic) bond motifs is 1. The molecule has 0 saturated heterocycles. The third-order valence-electron chi connectivity index (χ3n) is 3.42. The molecule has 0 bridgehead atoms. The molecule has 0 fully saturated rings. The Bertz CT molecular complexity index is 932. The summed E-state index contributed by atoms with van der Waals surface area (Å²) < 4.78 is 38.2. The van der Waals surface area contributed by atoms with Gasteiger partial charge in [-0.25, -0.2) is 13.1 Å². The van der Waals surface area contributed by atoms with Gasteiger partial charge >= 0.3 is 0 Å². The molecule has 0 unspecified atom stereocenters. The van der Waals surface area contributed by atoms with Gasteiger partial charge in [0.1, 0.15) is 4.90 Å². The van der Waals surface area contributed by atoms with Gasteiger partial charge in [-0.1, -0.05) is 23.7 Å². The molecule has 1 aliphatic rings. The molecule has 0 radical (unpaired) electrons. The molecule has 0 aromatic heterocycles. The Labute approximate surface area is 158 Å². The van der Waals surface area contributed by atoms with Crippen LogP contribution in [0.1, 0.15) is 16.8 Å². The molecule has 1 aliphatic heterocycles. The quantitative estimate of drug-likeness (QED) is 0.782. The fourth-order valence-electron chi connectivity index (χ4n) is 2.26. The van der Waals surface area contributed by atoms with E-state index in [1.54, 1.807) is 18.2 Å². The highest BCUT2D eigenvalue weighted by molar-refractivity contribution is 9.10. The number of ether oxygens (including phenoxy) is 2. The van der Waals surface area contributed by atoms with Crippen LogP contribution in [0.5, 0.6) is 11.5 Å². The summed E-state index contributed by atoms with van der Waals surface area (Å²) in [5.74, 6) is -0.147. The Balaban J connectivity index is 1.90. The largest absolute Gasteiger partial charge is 0.489 e. The molecule has 0 aliphatic carbocycles. The summed E-state index contributed by atoms with van der Waals surface area (Å²) >= 11 is 9.30. The van der Waals surface area contributed by atoms with Crippen molar-refractivity contribution in [3.8, 4) is 11.5 Å². The van der Waals surface area contributed by atoms with Gasteiger partial charge in [0, 0.05) is 16.5 Å². The lowest BCUT2D eigenvalue weighted by Gasteiger charge is -2.12. The Morgan fingerprint density at radius 1 is 1.16 bits per heavy atom. The van der Waals surface area contributed by atoms with Crippen molar-refractivity contribution < 1.29 is 22.7 Å². The van der Waals surface area contributed by atoms with E-state index in [1.807, 2.05) is 4.72 Å². The standard InChI is InChI=1S/C16H13BrClNO5S/c17-11-4-1-2-5-14(11)25(21,22)19-16(20)10-8-12(18)15-13(9-10)23-6-3-7-24-15/h1-2,4-5,8-9H,3,6-7H2,(H,19,20). The van der Waals surface area contributed by atoms with Crippen LogP contribution in [0.15, 0.2) is 45.8 Å². The zero-order chi connectivity index (χ0) is 18.0. The van der Waals surface area contributed by atoms with Crippen LogP contribution in [0.4, 0.5) is 0 Å². The van der Waals surface area contributed by atoms with Crippen molar-refractivity contribution in [2.45, 2.75) is 11.3 Å². The van der Waals surface area contributed by atoms with Gasteiger partial charge in [-0.05, 0) is 40.2 Å². The van der Waals surface area contributed by atoms with E-state index in [-0.39, 0.29) is 15.5 Å². The molecule has 1 N–H and O–H groups in total. The molecule has 2 aromatic carbocycles. The molecule has 9 heteroatoms. The molecule has 6 nitrogen and oxygen atoms in total. The number of amides is 1. The lowest BCUT2D eigenvalue weighted by atomic mass is 10.2. The smallest absolute Gasteiger partial charge is 0.265 e. The molecule has 132 valence electrons. The van der Waals surface area contributed by atoms with E-state index in [9.17, 15) is 13.2 Å². The van der Waals surface area contributed by atoms with Crippen LogP contribution in [0.2, 0.25) is 5.02 Å². The summed E-state index contributed by atoms with van der Waals surface area (Å²) in [6, 6.07) is 8.96. The molecule has 1 amide bonds. The second-order valence-corrected chi connectivity index (χ2v) is 8.11. The van der Waals surface area contributed by atoms with Crippen molar-refractivity contribution in [3.05, 3.63) is 51.5 Å². The number of nitrogens with one attached hydrogen (secondary N) is 1. The highest BCUT2D eigenvalue weighted by Crippen LogP contribution is 2.38. The number of hydrogen-bond donors (Lipinski definition) is 1. The number of hydrogen-bond acceptors (Lipinski definition) is 5. The van der Waals surface area contributed by atoms with Gasteiger partial charge in [-0.2, -0.15) is 0 Å². The zero-order valence-corrected chi connectivity index (χ0v) is 15.9. The number of halogens is 2. The van der Waals surface area contributed by atoms with Crippen molar-refractivity contribution in [2.75, 3.05) is 13.2 Å². The van der Waals surface area contributed by atoms with E-state index < -0.39 is 15.9 Å². The van der Waals surface area contributed by atoms with Crippen LogP contribution in [-0.4, -0.2) is 27.5 Å². The second kappa shape index (κ2) is 7.23. The molecule has 25 heavy (non-hydrogen) atoms. The van der Waals surface area contributed by atoms with Gasteiger partial charge in [0.25, 0.3) is 15.9 Å². The maximum atomic E-state index is 12.4. The number of carbonyl (C=O) groups is 1. The van der Waals surface area contributed by atoms with Crippen LogP contribution in [0.3, 0.4) is 0 Å². The van der Waals surface area contributed by atoms with Crippen LogP contribution < -0.4 is 14.2 Å². The van der Waals surface area contributed by atoms with Gasteiger partial charge < -0.3 is 9.47 Å². The molecule has 1 heterocycles. The summed E-state index contributed by atoms with van der Waals surface area (Å²) in [6.07, 6.45) is 0.683. The fraction of sp³-hybridized carbons (Fsp3) is 0.188. The second-order valence-electron chi connectivity index (χ2n) is 5.20. The van der Waals surface area contributed by atoms with Crippen molar-refractivity contribution in [1.29, 1.82) is 0 Å². The highest BCUT2D eigenvalue weighted by atomic mass is 79.9. The Hall–Kier alpha value is -1.77. The average Bonchev–Trinajstić information content (AvgIpc) is 2.80. The van der Waals surface area contributed by atoms with Gasteiger partial charge in [0.05, 0.1) is 18.2 Å². The highest BCUT2D eigenvalue weighted by Gasteiger charge is 2.23. The predicted octanol–water partition coefficient (Wildman–Crippen LogP) is 3.38. The minimum Gasteiger partial charge on any atom is -0.489 e. The number of benzene rings is 2. The van der Waals surface area contributed by atoms with Crippen molar-refractivity contribution in [2.24, 2.45) is 0 Å². The predicted molar refractivity (Wildman–Crippen MR) is 95.9 cm³/mol. The van der Waals surface area contributed by atoms with E-state index in [1.165, 1.54) is 18.2 Å². The van der Waals surface area contributed by atoms with Crippen LogP contribution in [0.25, 0.3) is 0 Å². The molecule has 3 rings (SSSR count). The first-order chi connectivity index (χ1) is 11.9. The normalized spacial score (nSPS) is 13.8. The van der Waals surface area contributed by atoms with E-state index in [4.69, 9.17) is 21.1 Å². The molecule has 0 spiro atoms. The number of sulfonamides is 1. The summed E-state index contributed by atoms with van der Waals surface area (Å²) in [5.41, 5.74) is 0.0601. The maximum absolute atomic E-state index is 12.4. The Morgan fingerprint density at radius 3 is 2.64 bits per heavy atom. The molecule has 0 saturated carbocycles. The van der Waals surface area contributed by atoms with Crippen LogP contribution in [0, 0.1) is 0 Å². The first-order valence-corrected chi connectivity index (χ1v) is 9.95. The summed E-state index contributed by atoms with van der Waals surface area (Å²) in [5, 5.41) is 0.183. The molecule has 0 atom stereocenters.